The van der Waals surface area contributed by atoms with Crippen LogP contribution in [0.5, 0.6) is 5.75 Å². The van der Waals surface area contributed by atoms with Gasteiger partial charge in [0.1, 0.15) is 5.75 Å². The van der Waals surface area contributed by atoms with Crippen molar-refractivity contribution >= 4 is 11.9 Å². The average molecular weight is 362 g/mol. The number of guanidine groups is 1. The molecule has 1 aromatic rings. The fraction of sp³-hybridized carbons (Fsp3) is 0.467. The molecule has 1 aromatic carbocycles. The highest BCUT2D eigenvalue weighted by atomic mass is 19.4. The summed E-state index contributed by atoms with van der Waals surface area (Å²) < 4.78 is 46.0. The minimum Gasteiger partial charge on any atom is -0.405 e. The van der Waals surface area contributed by atoms with Crippen LogP contribution in [0, 0.1) is 0 Å². The maximum atomic E-state index is 12.4. The number of nitrogens with one attached hydrogen (secondary N) is 3. The van der Waals surface area contributed by atoms with Crippen LogP contribution in [-0.4, -0.2) is 52.1 Å². The van der Waals surface area contributed by atoms with Crippen LogP contribution < -0.4 is 20.7 Å². The third-order valence-electron chi connectivity index (χ3n) is 2.91. The zero-order valence-electron chi connectivity index (χ0n) is 13.9. The van der Waals surface area contributed by atoms with Gasteiger partial charge in [0.25, 0.3) is 0 Å². The molecule has 0 aliphatic rings. The number of halogens is 3. The molecule has 0 spiro atoms. The molecular weight excluding hydrogens is 341 g/mol. The third-order valence-corrected chi connectivity index (χ3v) is 2.91. The number of alkyl halides is 3. The molecule has 10 heteroatoms. The second-order valence-corrected chi connectivity index (χ2v) is 4.78. The first kappa shape index (κ1) is 20.6. The van der Waals surface area contributed by atoms with Gasteiger partial charge in [0, 0.05) is 32.8 Å². The van der Waals surface area contributed by atoms with E-state index in [0.29, 0.717) is 18.7 Å². The molecule has 3 N–H and O–H groups in total. The summed E-state index contributed by atoms with van der Waals surface area (Å²) in [5.41, 5.74) is 0.298. The predicted octanol–water partition coefficient (Wildman–Crippen LogP) is 1.01. The summed E-state index contributed by atoms with van der Waals surface area (Å²) in [7, 11) is 3.01. The van der Waals surface area contributed by atoms with Crippen LogP contribution in [0.3, 0.4) is 0 Å². The SMILES string of the molecule is CN=C(NCC(=O)NCCOC)NCc1ccccc1OC(F)(F)F. The number of hydrogen-bond donors (Lipinski definition) is 3. The summed E-state index contributed by atoms with van der Waals surface area (Å²) in [5.74, 6) is -0.292. The lowest BCUT2D eigenvalue weighted by molar-refractivity contribution is -0.274. The Kier molecular flexibility index (Phi) is 8.54. The van der Waals surface area contributed by atoms with E-state index in [1.54, 1.807) is 6.07 Å². The minimum atomic E-state index is -4.77. The first-order valence-corrected chi connectivity index (χ1v) is 7.39. The molecule has 0 bridgehead atoms. The maximum Gasteiger partial charge on any atom is 0.573 e. The number of ether oxygens (including phenoxy) is 2. The van der Waals surface area contributed by atoms with E-state index >= 15 is 0 Å². The molecular formula is C15H21F3N4O3. The van der Waals surface area contributed by atoms with Crippen molar-refractivity contribution in [3.8, 4) is 5.75 Å². The van der Waals surface area contributed by atoms with Gasteiger partial charge >= 0.3 is 6.36 Å². The highest BCUT2D eigenvalue weighted by Crippen LogP contribution is 2.25. The molecule has 25 heavy (non-hydrogen) atoms. The summed E-state index contributed by atoms with van der Waals surface area (Å²) in [6.45, 7) is 0.779. The normalized spacial score (nSPS) is 11.8. The summed E-state index contributed by atoms with van der Waals surface area (Å²) in [6.07, 6.45) is -4.77. The number of hydrogen-bond acceptors (Lipinski definition) is 4. The predicted molar refractivity (Wildman–Crippen MR) is 86.2 cm³/mol. The van der Waals surface area contributed by atoms with Gasteiger partial charge in [-0.15, -0.1) is 13.2 Å². The first-order chi connectivity index (χ1) is 11.9. The highest BCUT2D eigenvalue weighted by Gasteiger charge is 2.31. The Morgan fingerprint density at radius 3 is 2.56 bits per heavy atom. The smallest absolute Gasteiger partial charge is 0.405 e. The monoisotopic (exact) mass is 362 g/mol. The van der Waals surface area contributed by atoms with Crippen LogP contribution in [0.4, 0.5) is 13.2 Å². The van der Waals surface area contributed by atoms with E-state index < -0.39 is 6.36 Å². The summed E-state index contributed by atoms with van der Waals surface area (Å²) in [5, 5.41) is 8.20. The van der Waals surface area contributed by atoms with Crippen LogP contribution in [0.1, 0.15) is 5.56 Å². The van der Waals surface area contributed by atoms with E-state index in [9.17, 15) is 18.0 Å². The van der Waals surface area contributed by atoms with E-state index in [1.165, 1.54) is 32.4 Å². The van der Waals surface area contributed by atoms with E-state index in [-0.39, 0.29) is 30.7 Å². The number of carbonyl (C=O) groups is 1. The fourth-order valence-electron chi connectivity index (χ4n) is 1.79. The van der Waals surface area contributed by atoms with Crippen molar-refractivity contribution in [1.82, 2.24) is 16.0 Å². The Hall–Kier alpha value is -2.49. The molecule has 0 aliphatic heterocycles. The first-order valence-electron chi connectivity index (χ1n) is 7.39. The summed E-state index contributed by atoms with van der Waals surface area (Å²) >= 11 is 0. The lowest BCUT2D eigenvalue weighted by Crippen LogP contribution is -2.43. The molecule has 140 valence electrons. The van der Waals surface area contributed by atoms with Crippen LogP contribution >= 0.6 is 0 Å². The second kappa shape index (κ2) is 10.4. The van der Waals surface area contributed by atoms with Crippen molar-refractivity contribution in [2.45, 2.75) is 12.9 Å². The molecule has 0 fully saturated rings. The lowest BCUT2D eigenvalue weighted by atomic mass is 10.2. The van der Waals surface area contributed by atoms with Crippen molar-refractivity contribution in [1.29, 1.82) is 0 Å². The zero-order chi connectivity index (χ0) is 18.7. The summed E-state index contributed by atoms with van der Waals surface area (Å²) in [6, 6.07) is 5.77. The van der Waals surface area contributed by atoms with Crippen LogP contribution in [0.25, 0.3) is 0 Å². The molecule has 0 aromatic heterocycles. The van der Waals surface area contributed by atoms with Crippen LogP contribution in [0.2, 0.25) is 0 Å². The Balaban J connectivity index is 2.51. The van der Waals surface area contributed by atoms with E-state index in [1.807, 2.05) is 0 Å². The van der Waals surface area contributed by atoms with Gasteiger partial charge < -0.3 is 25.4 Å². The molecule has 0 radical (unpaired) electrons. The van der Waals surface area contributed by atoms with Gasteiger partial charge in [0.2, 0.25) is 5.91 Å². The number of carbonyl (C=O) groups excluding carboxylic acids is 1. The highest BCUT2D eigenvalue weighted by molar-refractivity contribution is 5.86. The number of nitrogens with zero attached hydrogens (tertiary/aromatic N) is 1. The zero-order valence-corrected chi connectivity index (χ0v) is 13.9. The van der Waals surface area contributed by atoms with Gasteiger partial charge in [0.05, 0.1) is 13.2 Å². The van der Waals surface area contributed by atoms with Crippen LogP contribution in [-0.2, 0) is 16.1 Å². The van der Waals surface area contributed by atoms with Gasteiger partial charge in [-0.25, -0.2) is 0 Å². The van der Waals surface area contributed by atoms with E-state index in [2.05, 4.69) is 25.7 Å². The minimum absolute atomic E-state index is 0.0376. The van der Waals surface area contributed by atoms with Crippen molar-refractivity contribution in [3.05, 3.63) is 29.8 Å². The van der Waals surface area contributed by atoms with Crippen LogP contribution in [0.15, 0.2) is 29.3 Å². The number of aliphatic imine (C=N–C) groups is 1. The Labute approximate surface area is 143 Å². The second-order valence-electron chi connectivity index (χ2n) is 4.78. The Morgan fingerprint density at radius 2 is 1.92 bits per heavy atom. The topological polar surface area (TPSA) is 84.0 Å². The average Bonchev–Trinajstić information content (AvgIpc) is 2.55. The standard InChI is InChI=1S/C15H21F3N4O3/c1-19-14(22-10-13(23)20-7-8-24-2)21-9-11-5-3-4-6-12(11)25-15(16,17)18/h3-6H,7-10H2,1-2H3,(H,20,23)(H2,19,21,22). The van der Waals surface area contributed by atoms with Gasteiger partial charge in [-0.2, -0.15) is 0 Å². The molecule has 1 amide bonds. The largest absolute Gasteiger partial charge is 0.573 e. The molecule has 0 unspecified atom stereocenters. The van der Waals surface area contributed by atoms with E-state index in [4.69, 9.17) is 4.74 Å². The Morgan fingerprint density at radius 1 is 1.20 bits per heavy atom. The van der Waals surface area contributed by atoms with Gasteiger partial charge in [-0.05, 0) is 6.07 Å². The molecule has 1 rings (SSSR count). The van der Waals surface area contributed by atoms with Crippen molar-refractivity contribution < 1.29 is 27.4 Å². The molecule has 0 atom stereocenters. The fourth-order valence-corrected chi connectivity index (χ4v) is 1.79. The maximum absolute atomic E-state index is 12.4. The van der Waals surface area contributed by atoms with Gasteiger partial charge in [-0.3, -0.25) is 9.79 Å². The number of methoxy groups -OCH3 is 1. The third kappa shape index (κ3) is 8.80. The number of para-hydroxylation sites is 1. The number of rotatable bonds is 8. The van der Waals surface area contributed by atoms with Gasteiger partial charge in [-0.1, -0.05) is 18.2 Å². The Bertz CT molecular complexity index is 579. The molecule has 0 saturated heterocycles. The molecule has 7 nitrogen and oxygen atoms in total. The van der Waals surface area contributed by atoms with Gasteiger partial charge in [0.15, 0.2) is 5.96 Å². The van der Waals surface area contributed by atoms with Crippen molar-refractivity contribution in [2.75, 3.05) is 33.9 Å². The van der Waals surface area contributed by atoms with Crippen molar-refractivity contribution in [2.24, 2.45) is 4.99 Å². The molecule has 0 saturated carbocycles. The molecule has 0 aliphatic carbocycles. The van der Waals surface area contributed by atoms with E-state index in [0.717, 1.165) is 0 Å². The molecule has 0 heterocycles. The number of amides is 1. The quantitative estimate of drug-likeness (QED) is 0.365. The summed E-state index contributed by atoms with van der Waals surface area (Å²) in [4.78, 5) is 15.5. The van der Waals surface area contributed by atoms with Crippen molar-refractivity contribution in [3.63, 3.8) is 0 Å². The number of benzene rings is 1. The lowest BCUT2D eigenvalue weighted by Gasteiger charge is -2.15.